The molecular formula is C45H54N7O13S4+. The molecule has 3 heterocycles. The molecule has 1 amide bonds. The quantitative estimate of drug-likeness (QED) is 0.0305. The van der Waals surface area contributed by atoms with Gasteiger partial charge in [-0.05, 0) is 94.5 Å². The van der Waals surface area contributed by atoms with Crippen molar-refractivity contribution in [2.24, 2.45) is 0 Å². The molecule has 1 aromatic heterocycles. The Morgan fingerprint density at radius 3 is 1.96 bits per heavy atom. The maximum Gasteiger partial charge on any atom is 0.294 e. The minimum atomic E-state index is -4.65. The molecule has 24 heteroatoms. The molecule has 0 saturated carbocycles. The molecule has 0 saturated heterocycles. The summed E-state index contributed by atoms with van der Waals surface area (Å²) >= 11 is 0. The van der Waals surface area contributed by atoms with E-state index in [4.69, 9.17) is 0 Å². The van der Waals surface area contributed by atoms with Gasteiger partial charge in [0.05, 0.1) is 26.7 Å². The third-order valence-electron chi connectivity index (χ3n) is 12.1. The van der Waals surface area contributed by atoms with Crippen molar-refractivity contribution in [1.82, 2.24) is 25.7 Å². The van der Waals surface area contributed by atoms with Crippen LogP contribution in [-0.2, 0) is 62.6 Å². The number of benzene rings is 3. The van der Waals surface area contributed by atoms with Crippen LogP contribution in [0.3, 0.4) is 0 Å². The zero-order valence-corrected chi connectivity index (χ0v) is 41.5. The number of hydrogen-bond donors (Lipinski definition) is 5. The Hall–Kier alpha value is -5.60. The van der Waals surface area contributed by atoms with Gasteiger partial charge in [0.25, 0.3) is 40.5 Å². The van der Waals surface area contributed by atoms with Gasteiger partial charge in [0, 0.05) is 66.0 Å². The van der Waals surface area contributed by atoms with E-state index in [2.05, 4.69) is 25.7 Å². The Bertz CT molecular complexity index is 3190. The van der Waals surface area contributed by atoms with Crippen molar-refractivity contribution in [3.05, 3.63) is 119 Å². The lowest BCUT2D eigenvalue weighted by atomic mass is 9.77. The van der Waals surface area contributed by atoms with Crippen LogP contribution in [-0.4, -0.2) is 113 Å². The van der Waals surface area contributed by atoms with Gasteiger partial charge in [0.2, 0.25) is 17.4 Å². The Balaban J connectivity index is 1.26. The highest BCUT2D eigenvalue weighted by molar-refractivity contribution is 7.86. The summed E-state index contributed by atoms with van der Waals surface area (Å²) in [6, 6.07) is 15.5. The van der Waals surface area contributed by atoms with Gasteiger partial charge in [0.15, 0.2) is 11.5 Å². The highest BCUT2D eigenvalue weighted by Gasteiger charge is 2.46. The van der Waals surface area contributed by atoms with Gasteiger partial charge in [0.1, 0.15) is 6.54 Å². The van der Waals surface area contributed by atoms with Crippen molar-refractivity contribution in [3.63, 3.8) is 0 Å². The second kappa shape index (κ2) is 20.8. The Kier molecular flexibility index (Phi) is 15.9. The van der Waals surface area contributed by atoms with Crippen molar-refractivity contribution in [1.29, 1.82) is 0 Å². The van der Waals surface area contributed by atoms with Crippen LogP contribution in [0.1, 0.15) is 81.8 Å². The van der Waals surface area contributed by atoms with Crippen LogP contribution in [0.15, 0.2) is 107 Å². The number of rotatable bonds is 21. The van der Waals surface area contributed by atoms with E-state index in [-0.39, 0.29) is 54.6 Å². The number of hydrogen-bond acceptors (Lipinski definition) is 14. The van der Waals surface area contributed by atoms with E-state index in [9.17, 15) is 56.7 Å². The summed E-state index contributed by atoms with van der Waals surface area (Å²) in [4.78, 5) is 14.2. The first-order chi connectivity index (χ1) is 32.2. The average Bonchev–Trinajstić information content (AvgIpc) is 3.61. The van der Waals surface area contributed by atoms with Crippen molar-refractivity contribution < 1.29 is 61.3 Å². The summed E-state index contributed by atoms with van der Waals surface area (Å²) < 4.78 is 136. The minimum Gasteiger partial charge on any atom is -0.352 e. The number of nitrogens with zero attached hydrogens (tertiary/aromatic N) is 6. The summed E-state index contributed by atoms with van der Waals surface area (Å²) in [6.45, 7) is 7.73. The van der Waals surface area contributed by atoms with Crippen LogP contribution in [0, 0.1) is 6.92 Å². The zero-order valence-electron chi connectivity index (χ0n) is 38.2. The lowest BCUT2D eigenvalue weighted by Crippen LogP contribution is -2.30. The lowest BCUT2D eigenvalue weighted by molar-refractivity contribution is -0.437. The third kappa shape index (κ3) is 13.2. The Labute approximate surface area is 402 Å². The third-order valence-corrected chi connectivity index (χ3v) is 15.4. The van der Waals surface area contributed by atoms with Gasteiger partial charge in [-0.15, -0.1) is 20.4 Å². The van der Waals surface area contributed by atoms with Gasteiger partial charge >= 0.3 is 0 Å². The smallest absolute Gasteiger partial charge is 0.294 e. The molecule has 0 spiro atoms. The van der Waals surface area contributed by atoms with Crippen molar-refractivity contribution >= 4 is 63.5 Å². The summed E-state index contributed by atoms with van der Waals surface area (Å²) in [5, 5.41) is 18.9. The number of nitrogens with one attached hydrogen (secondary N) is 1. The fourth-order valence-corrected chi connectivity index (χ4v) is 10.6. The van der Waals surface area contributed by atoms with E-state index in [1.807, 2.05) is 42.4 Å². The summed E-state index contributed by atoms with van der Waals surface area (Å²) in [5.41, 5.74) is 3.23. The van der Waals surface area contributed by atoms with Crippen molar-refractivity contribution in [2.45, 2.75) is 93.4 Å². The number of anilines is 1. The van der Waals surface area contributed by atoms with E-state index in [1.165, 1.54) is 36.4 Å². The monoisotopic (exact) mass is 1030 g/mol. The second-order valence-corrected chi connectivity index (χ2v) is 23.5. The topological polar surface area (TPSA) is 304 Å². The fraction of sp³-hybridized carbons (Fsp3) is 0.378. The number of aromatic nitrogens is 4. The van der Waals surface area contributed by atoms with E-state index in [1.54, 1.807) is 49.4 Å². The normalized spacial score (nSPS) is 17.9. The van der Waals surface area contributed by atoms with Gasteiger partial charge in [-0.1, -0.05) is 48.9 Å². The molecule has 69 heavy (non-hydrogen) atoms. The van der Waals surface area contributed by atoms with E-state index < -0.39 is 62.8 Å². The second-order valence-electron chi connectivity index (χ2n) is 17.5. The molecule has 1 unspecified atom stereocenters. The number of carbonyl (C=O) groups excluding carboxylic acids is 1. The summed E-state index contributed by atoms with van der Waals surface area (Å²) in [7, 11) is -17.8. The molecule has 20 nitrogen and oxygen atoms in total. The molecule has 5 N–H and O–H groups in total. The van der Waals surface area contributed by atoms with Crippen LogP contribution in [0.25, 0.3) is 11.4 Å². The van der Waals surface area contributed by atoms with Gasteiger partial charge in [-0.3, -0.25) is 23.0 Å². The molecule has 0 fully saturated rings. The molecule has 3 aromatic carbocycles. The lowest BCUT2D eigenvalue weighted by Gasteiger charge is -2.30. The average molecular weight is 1030 g/mol. The largest absolute Gasteiger partial charge is 0.352 e. The first kappa shape index (κ1) is 52.8. The van der Waals surface area contributed by atoms with Crippen molar-refractivity contribution in [3.8, 4) is 11.4 Å². The predicted octanol–water partition coefficient (Wildman–Crippen LogP) is 5.32. The molecule has 6 rings (SSSR count). The number of amides is 1. The molecule has 4 aromatic rings. The fourth-order valence-electron chi connectivity index (χ4n) is 8.64. The maximum atomic E-state index is 13.0. The first-order valence-corrected chi connectivity index (χ1v) is 27.8. The Morgan fingerprint density at radius 1 is 0.725 bits per heavy atom. The maximum absolute atomic E-state index is 13.0. The van der Waals surface area contributed by atoms with Gasteiger partial charge in [-0.2, -0.15) is 38.2 Å². The SMILES string of the molecule is Cc1nnc(-c2ccc(CNC(=O)CCCCC3(C)C(=CC=CC=CC4=[N+](CCCS(=O)(=O)O)c5ccc(S(=O)(=O)O)cc5C4(C)C)N(CCCS(=O)(=O)O)c4ccc(S(=O)(=O)O)cc43)cc2)nn1. The predicted molar refractivity (Wildman–Crippen MR) is 257 cm³/mol. The van der Waals surface area contributed by atoms with Crippen LogP contribution in [0.4, 0.5) is 11.4 Å². The molecule has 1 atom stereocenters. The number of unbranched alkanes of at least 4 members (excludes halogenated alkanes) is 1. The van der Waals surface area contributed by atoms with Gasteiger partial charge in [-0.25, -0.2) is 0 Å². The first-order valence-electron chi connectivity index (χ1n) is 21.7. The standard InChI is InChI=1S/C45H53N7O13S4/c1-31-47-49-43(50-48-31)33-17-15-32(16-18-33)30-46-42(53)14-8-9-23-45(4)37-29-35(69(63,64)65)20-22-39(37)52(25-11-27-67(57,58)59)41(45)13-7-5-6-12-40-44(2,3)36-28-34(68(60,61)62)19-21-38(36)51(40)24-10-26-66(54,55)56/h5-7,12-13,15-22,28-29H,8-11,14,23-27,30H2,1-4H3,(H4-,46,53,54,55,56,57,58,59,60,61,62,63,64,65)/p+1. The number of allylic oxidation sites excluding steroid dienone is 6. The van der Waals surface area contributed by atoms with E-state index >= 15 is 0 Å². The van der Waals surface area contributed by atoms with Crippen LogP contribution >= 0.6 is 0 Å². The zero-order chi connectivity index (χ0) is 50.6. The van der Waals surface area contributed by atoms with Crippen LogP contribution in [0.2, 0.25) is 0 Å². The molecule has 2 aliphatic rings. The number of carbonyl (C=O) groups is 1. The number of aryl methyl sites for hydroxylation is 1. The van der Waals surface area contributed by atoms with Crippen LogP contribution in [0.5, 0.6) is 0 Å². The van der Waals surface area contributed by atoms with Crippen molar-refractivity contribution in [2.75, 3.05) is 29.5 Å². The molecular weight excluding hydrogens is 975 g/mol. The molecule has 2 aliphatic heterocycles. The summed E-state index contributed by atoms with van der Waals surface area (Å²) in [5.74, 6) is -0.450. The van der Waals surface area contributed by atoms with Gasteiger partial charge < -0.3 is 10.2 Å². The van der Waals surface area contributed by atoms with E-state index in [0.29, 0.717) is 70.4 Å². The van der Waals surface area contributed by atoms with Crippen LogP contribution < -0.4 is 10.2 Å². The minimum absolute atomic E-state index is 0.00687. The number of fused-ring (bicyclic) bond motifs is 2. The highest BCUT2D eigenvalue weighted by atomic mass is 32.2. The summed E-state index contributed by atoms with van der Waals surface area (Å²) in [6.07, 6.45) is 10.2. The molecule has 0 radical (unpaired) electrons. The molecule has 370 valence electrons. The molecule has 0 aliphatic carbocycles. The molecule has 0 bridgehead atoms. The Morgan fingerprint density at radius 2 is 1.33 bits per heavy atom. The van der Waals surface area contributed by atoms with E-state index in [0.717, 1.165) is 5.56 Å². The highest BCUT2D eigenvalue weighted by Crippen LogP contribution is 2.51.